The first-order valence-corrected chi connectivity index (χ1v) is 19.6. The van der Waals surface area contributed by atoms with E-state index in [4.69, 9.17) is 0 Å². The van der Waals surface area contributed by atoms with E-state index in [0.29, 0.717) is 0 Å². The summed E-state index contributed by atoms with van der Waals surface area (Å²) in [6, 6.07) is 72.7. The molecule has 0 atom stereocenters. The van der Waals surface area contributed by atoms with Crippen LogP contribution in [0, 0.1) is 0 Å². The second kappa shape index (κ2) is 12.9. The number of anilines is 2. The lowest BCUT2D eigenvalue weighted by Gasteiger charge is -2.16. The van der Waals surface area contributed by atoms with Gasteiger partial charge in [-0.15, -0.1) is 11.3 Å². The molecule has 0 unspecified atom stereocenters. The number of nitrogens with zero attached hydrogens (tertiary/aromatic N) is 1. The number of fused-ring (bicyclic) bond motifs is 7. The van der Waals surface area contributed by atoms with Crippen LogP contribution in [0.25, 0.3) is 91.8 Å². The van der Waals surface area contributed by atoms with Gasteiger partial charge in [0.15, 0.2) is 0 Å². The third-order valence-corrected chi connectivity index (χ3v) is 12.2. The minimum atomic E-state index is 1.08. The van der Waals surface area contributed by atoms with Crippen LogP contribution in [-0.4, -0.2) is 4.57 Å². The smallest absolute Gasteiger partial charge is 0.0547 e. The van der Waals surface area contributed by atoms with Crippen molar-refractivity contribution in [3.05, 3.63) is 200 Å². The van der Waals surface area contributed by atoms with Gasteiger partial charge < -0.3 is 9.88 Å². The Hall–Kier alpha value is -6.94. The summed E-state index contributed by atoms with van der Waals surface area (Å²) in [5, 5.41) is 11.5. The van der Waals surface area contributed by atoms with E-state index < -0.39 is 0 Å². The van der Waals surface area contributed by atoms with Crippen LogP contribution in [0.2, 0.25) is 0 Å². The molecule has 11 aromatic rings. The van der Waals surface area contributed by atoms with E-state index in [2.05, 4.69) is 210 Å². The SMILES string of the molecule is c1ccc(-n2c3ccccc3c3ccc(-c4ccc(-c5ccccc5Nc5cccc6c(-c7ccc8c(c7)sc7ccccc78)cccc56)cc4)cc32)cc1. The zero-order valence-corrected chi connectivity index (χ0v) is 30.7. The predicted octanol–water partition coefficient (Wildman–Crippen LogP) is 15.0. The largest absolute Gasteiger partial charge is 0.355 e. The fourth-order valence-corrected chi connectivity index (χ4v) is 9.55. The number of nitrogens with one attached hydrogen (secondary N) is 1. The fraction of sp³-hybridized carbons (Fsp3) is 0. The summed E-state index contributed by atoms with van der Waals surface area (Å²) in [4.78, 5) is 0. The van der Waals surface area contributed by atoms with Crippen LogP contribution in [0.5, 0.6) is 0 Å². The summed E-state index contributed by atoms with van der Waals surface area (Å²) in [6.07, 6.45) is 0. The summed E-state index contributed by atoms with van der Waals surface area (Å²) in [5.41, 5.74) is 13.0. The van der Waals surface area contributed by atoms with Gasteiger partial charge in [-0.2, -0.15) is 0 Å². The highest BCUT2D eigenvalue weighted by molar-refractivity contribution is 7.25. The molecule has 0 amide bonds. The lowest BCUT2D eigenvalue weighted by molar-refractivity contribution is 1.18. The van der Waals surface area contributed by atoms with Crippen LogP contribution < -0.4 is 5.32 Å². The zero-order chi connectivity index (χ0) is 36.3. The maximum atomic E-state index is 3.84. The zero-order valence-electron chi connectivity index (χ0n) is 29.9. The van der Waals surface area contributed by atoms with E-state index in [1.54, 1.807) is 0 Å². The quantitative estimate of drug-likeness (QED) is 0.181. The summed E-state index contributed by atoms with van der Waals surface area (Å²) in [6.45, 7) is 0. The van der Waals surface area contributed by atoms with Crippen LogP contribution in [0.1, 0.15) is 0 Å². The maximum Gasteiger partial charge on any atom is 0.0547 e. The molecule has 0 bridgehead atoms. The normalized spacial score (nSPS) is 11.6. The standard InChI is InChI=1S/C52H34N2S/c1-2-12-38(13-3-1)54-49-22-8-5-15-43(49)44-30-28-36(32-50(44)54)34-24-26-35(27-25-34)40-14-4-7-20-47(40)53-48-21-11-18-41-39(17-10-19-42(41)48)37-29-31-46-45-16-6-9-23-51(45)55-52(46)33-37/h1-33,53H. The second-order valence-corrected chi connectivity index (χ2v) is 15.3. The number of hydrogen-bond acceptors (Lipinski definition) is 2. The van der Waals surface area contributed by atoms with Gasteiger partial charge in [0.25, 0.3) is 0 Å². The molecule has 258 valence electrons. The number of aromatic nitrogens is 1. The van der Waals surface area contributed by atoms with Crippen molar-refractivity contribution in [3.8, 4) is 39.1 Å². The van der Waals surface area contributed by atoms with Crippen molar-refractivity contribution in [1.29, 1.82) is 0 Å². The molecule has 0 aliphatic heterocycles. The molecular formula is C52H34N2S. The minimum absolute atomic E-state index is 1.08. The molecule has 0 radical (unpaired) electrons. The van der Waals surface area contributed by atoms with E-state index in [-0.39, 0.29) is 0 Å². The number of para-hydroxylation sites is 3. The highest BCUT2D eigenvalue weighted by atomic mass is 32.1. The van der Waals surface area contributed by atoms with Gasteiger partial charge in [-0.1, -0.05) is 152 Å². The van der Waals surface area contributed by atoms with Gasteiger partial charge in [0.2, 0.25) is 0 Å². The van der Waals surface area contributed by atoms with Crippen molar-refractivity contribution >= 4 is 75.5 Å². The fourth-order valence-electron chi connectivity index (χ4n) is 8.40. The van der Waals surface area contributed by atoms with Gasteiger partial charge in [-0.05, 0) is 81.7 Å². The summed E-state index contributed by atoms with van der Waals surface area (Å²) < 4.78 is 5.03. The Labute approximate surface area is 323 Å². The summed E-state index contributed by atoms with van der Waals surface area (Å²) >= 11 is 1.87. The first-order valence-electron chi connectivity index (χ1n) is 18.8. The summed E-state index contributed by atoms with van der Waals surface area (Å²) in [5.74, 6) is 0. The molecule has 0 fully saturated rings. The Balaban J connectivity index is 0.934. The molecular weight excluding hydrogens is 685 g/mol. The van der Waals surface area contributed by atoms with Crippen LogP contribution in [0.4, 0.5) is 11.4 Å². The van der Waals surface area contributed by atoms with Gasteiger partial charge in [0.1, 0.15) is 0 Å². The molecule has 3 heteroatoms. The van der Waals surface area contributed by atoms with E-state index in [1.165, 1.54) is 86.3 Å². The van der Waals surface area contributed by atoms with E-state index >= 15 is 0 Å². The van der Waals surface area contributed by atoms with Gasteiger partial charge >= 0.3 is 0 Å². The Kier molecular flexibility index (Phi) is 7.39. The second-order valence-electron chi connectivity index (χ2n) is 14.2. The number of rotatable bonds is 6. The molecule has 1 N–H and O–H groups in total. The molecule has 2 nitrogen and oxygen atoms in total. The Bertz CT molecular complexity index is 3220. The molecule has 9 aromatic carbocycles. The van der Waals surface area contributed by atoms with Crippen molar-refractivity contribution in [2.45, 2.75) is 0 Å². The van der Waals surface area contributed by atoms with E-state index in [9.17, 15) is 0 Å². The Morgan fingerprint density at radius 1 is 0.327 bits per heavy atom. The first-order chi connectivity index (χ1) is 27.3. The number of thiophene rings is 1. The molecule has 55 heavy (non-hydrogen) atoms. The third-order valence-electron chi connectivity index (χ3n) is 11.0. The van der Waals surface area contributed by atoms with Crippen molar-refractivity contribution in [1.82, 2.24) is 4.57 Å². The molecule has 2 aromatic heterocycles. The van der Waals surface area contributed by atoms with E-state index in [0.717, 1.165) is 16.9 Å². The van der Waals surface area contributed by atoms with Crippen LogP contribution in [0.3, 0.4) is 0 Å². The lowest BCUT2D eigenvalue weighted by Crippen LogP contribution is -1.95. The first kappa shape index (κ1) is 31.6. The molecule has 0 aliphatic rings. The highest BCUT2D eigenvalue weighted by Gasteiger charge is 2.15. The summed E-state index contributed by atoms with van der Waals surface area (Å²) in [7, 11) is 0. The van der Waals surface area contributed by atoms with E-state index in [1.807, 2.05) is 11.3 Å². The Morgan fingerprint density at radius 3 is 1.84 bits per heavy atom. The topological polar surface area (TPSA) is 17.0 Å². The van der Waals surface area contributed by atoms with Crippen molar-refractivity contribution < 1.29 is 0 Å². The minimum Gasteiger partial charge on any atom is -0.355 e. The highest BCUT2D eigenvalue weighted by Crippen LogP contribution is 2.41. The number of hydrogen-bond donors (Lipinski definition) is 1. The monoisotopic (exact) mass is 718 g/mol. The maximum absolute atomic E-state index is 3.84. The van der Waals surface area contributed by atoms with Crippen LogP contribution in [0.15, 0.2) is 200 Å². The van der Waals surface area contributed by atoms with Gasteiger partial charge in [-0.25, -0.2) is 0 Å². The molecule has 0 spiro atoms. The molecule has 0 aliphatic carbocycles. The van der Waals surface area contributed by atoms with Crippen molar-refractivity contribution in [3.63, 3.8) is 0 Å². The molecule has 0 saturated heterocycles. The van der Waals surface area contributed by atoms with Crippen LogP contribution in [-0.2, 0) is 0 Å². The van der Waals surface area contributed by atoms with Gasteiger partial charge in [0.05, 0.1) is 11.0 Å². The molecule has 0 saturated carbocycles. The third kappa shape index (κ3) is 5.32. The van der Waals surface area contributed by atoms with Crippen molar-refractivity contribution in [2.75, 3.05) is 5.32 Å². The van der Waals surface area contributed by atoms with Gasteiger partial charge in [-0.3, -0.25) is 0 Å². The Morgan fingerprint density at radius 2 is 0.927 bits per heavy atom. The van der Waals surface area contributed by atoms with Crippen LogP contribution >= 0.6 is 11.3 Å². The molecule has 11 rings (SSSR count). The average Bonchev–Trinajstić information content (AvgIpc) is 3.79. The van der Waals surface area contributed by atoms with Crippen molar-refractivity contribution in [2.24, 2.45) is 0 Å². The lowest BCUT2D eigenvalue weighted by atomic mass is 9.96. The molecule has 2 heterocycles. The average molecular weight is 719 g/mol. The number of benzene rings is 9. The predicted molar refractivity (Wildman–Crippen MR) is 237 cm³/mol. The van der Waals surface area contributed by atoms with Gasteiger partial charge in [0, 0.05) is 59.0 Å².